The number of aryl methyl sites for hydroxylation is 1. The molecule has 0 aromatic heterocycles. The van der Waals surface area contributed by atoms with Gasteiger partial charge in [0.15, 0.2) is 0 Å². The van der Waals surface area contributed by atoms with Gasteiger partial charge in [0, 0.05) is 12.0 Å². The van der Waals surface area contributed by atoms with Crippen LogP contribution in [0.3, 0.4) is 0 Å². The molecule has 178 valence electrons. The Morgan fingerprint density at radius 3 is 2.06 bits per heavy atom. The van der Waals surface area contributed by atoms with E-state index in [9.17, 15) is 14.6 Å². The average Bonchev–Trinajstić information content (AvgIpc) is 2.70. The summed E-state index contributed by atoms with van der Waals surface area (Å²) < 4.78 is 10.5. The highest BCUT2D eigenvalue weighted by Crippen LogP contribution is 2.38. The van der Waals surface area contributed by atoms with Gasteiger partial charge >= 0.3 is 14.6 Å². The van der Waals surface area contributed by atoms with Crippen molar-refractivity contribution in [1.29, 1.82) is 0 Å². The van der Waals surface area contributed by atoms with E-state index in [4.69, 9.17) is 9.26 Å². The molecule has 0 fully saturated rings. The summed E-state index contributed by atoms with van der Waals surface area (Å²) >= 11 is 0. The van der Waals surface area contributed by atoms with Gasteiger partial charge in [-0.3, -0.25) is 4.79 Å². The van der Waals surface area contributed by atoms with Crippen molar-refractivity contribution < 1.29 is 23.8 Å². The summed E-state index contributed by atoms with van der Waals surface area (Å²) in [5.74, 6) is 0.304. The molecule has 0 saturated heterocycles. The van der Waals surface area contributed by atoms with Crippen molar-refractivity contribution in [2.24, 2.45) is 0 Å². The van der Waals surface area contributed by atoms with Crippen LogP contribution in [0, 0.1) is 0 Å². The van der Waals surface area contributed by atoms with Crippen LogP contribution in [-0.4, -0.2) is 22.4 Å². The molecule has 1 aromatic rings. The van der Waals surface area contributed by atoms with Crippen molar-refractivity contribution >= 4 is 14.6 Å². The maximum atomic E-state index is 12.1. The van der Waals surface area contributed by atoms with Crippen molar-refractivity contribution in [2.45, 2.75) is 110 Å². The van der Waals surface area contributed by atoms with E-state index in [1.54, 1.807) is 6.07 Å². The minimum Gasteiger partial charge on any atom is -0.466 e. The molecule has 5 nitrogen and oxygen atoms in total. The fraction of sp³-hybridized carbons (Fsp3) is 0.720. The Kier molecular flexibility index (Phi) is 14.0. The lowest BCUT2D eigenvalue weighted by atomic mass is 9.85. The van der Waals surface area contributed by atoms with Crippen LogP contribution < -0.4 is 4.52 Å². The minimum absolute atomic E-state index is 0.164. The molecular formula is C25H43O5P. The van der Waals surface area contributed by atoms with E-state index in [-0.39, 0.29) is 11.4 Å². The number of carbonyl (C=O) groups is 1. The molecule has 0 heterocycles. The molecule has 1 rings (SSSR count). The lowest BCUT2D eigenvalue weighted by Crippen LogP contribution is -2.13. The molecule has 0 aliphatic carbocycles. The lowest BCUT2D eigenvalue weighted by molar-refractivity contribution is -0.143. The molecule has 1 aromatic carbocycles. The molecule has 0 amide bonds. The molecule has 0 bridgehead atoms. The number of ether oxygens (including phenoxy) is 1. The molecule has 6 heteroatoms. The van der Waals surface area contributed by atoms with E-state index < -0.39 is 8.60 Å². The number of carbonyl (C=O) groups excluding carboxylic acids is 1. The average molecular weight is 455 g/mol. The summed E-state index contributed by atoms with van der Waals surface area (Å²) in [6, 6.07) is 5.58. The third-order valence-corrected chi connectivity index (χ3v) is 5.77. The van der Waals surface area contributed by atoms with Crippen molar-refractivity contribution in [3.63, 3.8) is 0 Å². The quantitative estimate of drug-likeness (QED) is 0.160. The van der Waals surface area contributed by atoms with Crippen molar-refractivity contribution in [3.8, 4) is 5.75 Å². The molecule has 2 N–H and O–H groups in total. The Hall–Kier alpha value is -1.16. The van der Waals surface area contributed by atoms with Gasteiger partial charge in [0.2, 0.25) is 0 Å². The zero-order chi connectivity index (χ0) is 23.1. The van der Waals surface area contributed by atoms with Crippen LogP contribution in [-0.2, 0) is 21.4 Å². The smallest absolute Gasteiger partial charge is 0.391 e. The van der Waals surface area contributed by atoms with Gasteiger partial charge in [0.05, 0.1) is 6.61 Å². The molecule has 0 atom stereocenters. The third kappa shape index (κ3) is 13.1. The number of esters is 1. The Morgan fingerprint density at radius 2 is 1.52 bits per heavy atom. The van der Waals surface area contributed by atoms with Gasteiger partial charge < -0.3 is 19.0 Å². The van der Waals surface area contributed by atoms with Gasteiger partial charge in [-0.2, -0.15) is 0 Å². The first kappa shape index (κ1) is 27.9. The monoisotopic (exact) mass is 454 g/mol. The summed E-state index contributed by atoms with van der Waals surface area (Å²) in [6.45, 7) is 8.87. The Morgan fingerprint density at radius 1 is 0.935 bits per heavy atom. The van der Waals surface area contributed by atoms with Gasteiger partial charge in [-0.25, -0.2) is 0 Å². The summed E-state index contributed by atoms with van der Waals surface area (Å²) in [5.41, 5.74) is 1.68. The second-order valence-corrected chi connectivity index (χ2v) is 10.0. The fourth-order valence-corrected chi connectivity index (χ4v) is 3.92. The van der Waals surface area contributed by atoms with Gasteiger partial charge in [0.1, 0.15) is 5.75 Å². The van der Waals surface area contributed by atoms with E-state index >= 15 is 0 Å². The van der Waals surface area contributed by atoms with Gasteiger partial charge in [-0.1, -0.05) is 97.6 Å². The van der Waals surface area contributed by atoms with E-state index in [2.05, 4.69) is 6.92 Å². The third-order valence-electron chi connectivity index (χ3n) is 5.41. The molecule has 0 aliphatic heterocycles. The number of hydrogen-bond donors (Lipinski definition) is 2. The summed E-state index contributed by atoms with van der Waals surface area (Å²) in [7, 11) is -2.46. The first-order valence-electron chi connectivity index (χ1n) is 11.9. The van der Waals surface area contributed by atoms with Crippen LogP contribution in [0.15, 0.2) is 18.2 Å². The van der Waals surface area contributed by atoms with Crippen molar-refractivity contribution in [2.75, 3.05) is 6.61 Å². The number of rotatable bonds is 16. The fourth-order valence-electron chi connectivity index (χ4n) is 3.58. The minimum atomic E-state index is -2.46. The van der Waals surface area contributed by atoms with Crippen LogP contribution >= 0.6 is 8.60 Å². The summed E-state index contributed by atoms with van der Waals surface area (Å²) in [6.07, 6.45) is 13.6. The van der Waals surface area contributed by atoms with E-state index in [0.29, 0.717) is 25.2 Å². The van der Waals surface area contributed by atoms with Crippen LogP contribution in [0.4, 0.5) is 0 Å². The van der Waals surface area contributed by atoms with Gasteiger partial charge in [0.25, 0.3) is 0 Å². The van der Waals surface area contributed by atoms with Crippen LogP contribution in [0.25, 0.3) is 0 Å². The summed E-state index contributed by atoms with van der Waals surface area (Å²) in [5, 5.41) is 0. The Bertz CT molecular complexity index is 625. The normalized spacial score (nSPS) is 11.7. The molecule has 0 spiro atoms. The van der Waals surface area contributed by atoms with Crippen LogP contribution in [0.5, 0.6) is 5.75 Å². The highest BCUT2D eigenvalue weighted by Gasteiger charge is 2.21. The molecule has 0 radical (unpaired) electrons. The lowest BCUT2D eigenvalue weighted by Gasteiger charge is -2.23. The zero-order valence-corrected chi connectivity index (χ0v) is 20.9. The van der Waals surface area contributed by atoms with Crippen molar-refractivity contribution in [3.05, 3.63) is 29.3 Å². The first-order valence-corrected chi connectivity index (χ1v) is 13.1. The SMILES string of the molecule is CCCCCCCCCCCCOC(=O)CCc1ccc(OP(O)O)c(C(C)(C)C)c1. The Balaban J connectivity index is 2.25. The van der Waals surface area contributed by atoms with Gasteiger partial charge in [-0.15, -0.1) is 0 Å². The summed E-state index contributed by atoms with van der Waals surface area (Å²) in [4.78, 5) is 30.4. The maximum Gasteiger partial charge on any atom is 0.391 e. The molecule has 0 aliphatic rings. The largest absolute Gasteiger partial charge is 0.466 e. The predicted molar refractivity (Wildman–Crippen MR) is 128 cm³/mol. The zero-order valence-electron chi connectivity index (χ0n) is 20.0. The van der Waals surface area contributed by atoms with Crippen molar-refractivity contribution in [1.82, 2.24) is 0 Å². The maximum absolute atomic E-state index is 12.1. The second kappa shape index (κ2) is 15.6. The topological polar surface area (TPSA) is 76.0 Å². The van der Waals surface area contributed by atoms with E-state index in [0.717, 1.165) is 24.0 Å². The molecule has 31 heavy (non-hydrogen) atoms. The van der Waals surface area contributed by atoms with Crippen LogP contribution in [0.1, 0.15) is 109 Å². The highest BCUT2D eigenvalue weighted by atomic mass is 31.2. The highest BCUT2D eigenvalue weighted by molar-refractivity contribution is 7.39. The van der Waals surface area contributed by atoms with Crippen LogP contribution in [0.2, 0.25) is 0 Å². The van der Waals surface area contributed by atoms with E-state index in [1.165, 1.54) is 51.4 Å². The molecular weight excluding hydrogens is 411 g/mol. The van der Waals surface area contributed by atoms with E-state index in [1.807, 2.05) is 32.9 Å². The molecule has 0 saturated carbocycles. The van der Waals surface area contributed by atoms with Gasteiger partial charge in [-0.05, 0) is 29.9 Å². The predicted octanol–water partition coefficient (Wildman–Crippen LogP) is 6.97. The number of benzene rings is 1. The second-order valence-electron chi connectivity index (χ2n) is 9.33. The number of hydrogen-bond acceptors (Lipinski definition) is 5. The first-order chi connectivity index (χ1) is 14.7. The Labute approximate surface area is 190 Å². The number of unbranched alkanes of at least 4 members (excludes halogenated alkanes) is 9. The standard InChI is InChI=1S/C25H43O5P/c1-5-6-7-8-9-10-11-12-13-14-19-29-24(26)18-16-21-15-17-23(30-31(27)28)22(20-21)25(2,3)4/h15,17,20,27-28H,5-14,16,18-19H2,1-4H3. The molecule has 0 unspecified atom stereocenters.